The molecule has 24 heavy (non-hydrogen) atoms. The molecule has 1 unspecified atom stereocenters. The maximum Gasteiger partial charge on any atom is 0.193 e. The molecule has 0 amide bonds. The van der Waals surface area contributed by atoms with Gasteiger partial charge in [-0.2, -0.15) is 0 Å². The summed E-state index contributed by atoms with van der Waals surface area (Å²) in [5.41, 5.74) is 1.08. The Morgan fingerprint density at radius 2 is 1.96 bits per heavy atom. The van der Waals surface area contributed by atoms with E-state index in [0.29, 0.717) is 6.10 Å². The second-order valence-corrected chi connectivity index (χ2v) is 6.01. The molecule has 1 aromatic carbocycles. The van der Waals surface area contributed by atoms with Crippen molar-refractivity contribution in [2.45, 2.75) is 18.9 Å². The standard InChI is InChI=1S/C17H25FN4O.HI/c1-19-17(20-13-16-3-2-12-23-16)22-10-8-21(9-11-22)15-6-4-14(18)5-7-15;/h4-7,16H,2-3,8-13H2,1H3,(H,19,20);1H. The summed E-state index contributed by atoms with van der Waals surface area (Å²) in [6, 6.07) is 6.72. The average Bonchev–Trinajstić information content (AvgIpc) is 3.10. The molecule has 2 aliphatic rings. The Bertz CT molecular complexity index is 526. The first-order valence-electron chi connectivity index (χ1n) is 8.34. The zero-order chi connectivity index (χ0) is 16.1. The second-order valence-electron chi connectivity index (χ2n) is 6.01. The first-order valence-corrected chi connectivity index (χ1v) is 8.34. The summed E-state index contributed by atoms with van der Waals surface area (Å²) in [5, 5.41) is 3.43. The maximum atomic E-state index is 13.0. The van der Waals surface area contributed by atoms with Gasteiger partial charge in [-0.25, -0.2) is 4.39 Å². The van der Waals surface area contributed by atoms with Crippen molar-refractivity contribution >= 4 is 35.6 Å². The second kappa shape index (κ2) is 9.41. The minimum Gasteiger partial charge on any atom is -0.376 e. The molecule has 1 aromatic rings. The highest BCUT2D eigenvalue weighted by molar-refractivity contribution is 14.0. The van der Waals surface area contributed by atoms with Gasteiger partial charge in [0.2, 0.25) is 0 Å². The number of halogens is 2. The first kappa shape index (κ1) is 19.2. The number of guanidine groups is 1. The zero-order valence-electron chi connectivity index (χ0n) is 14.1. The van der Waals surface area contributed by atoms with Crippen molar-refractivity contribution in [3.05, 3.63) is 30.1 Å². The number of piperazine rings is 1. The van der Waals surface area contributed by atoms with Crippen LogP contribution in [0, 0.1) is 5.82 Å². The van der Waals surface area contributed by atoms with Crippen LogP contribution in [-0.2, 0) is 4.74 Å². The van der Waals surface area contributed by atoms with Gasteiger partial charge in [-0.1, -0.05) is 0 Å². The van der Waals surface area contributed by atoms with Crippen molar-refractivity contribution in [2.75, 3.05) is 51.3 Å². The van der Waals surface area contributed by atoms with Crippen LogP contribution >= 0.6 is 24.0 Å². The number of hydrogen-bond acceptors (Lipinski definition) is 3. The fourth-order valence-electron chi connectivity index (χ4n) is 3.17. The highest BCUT2D eigenvalue weighted by Crippen LogP contribution is 2.17. The van der Waals surface area contributed by atoms with Crippen molar-refractivity contribution in [2.24, 2.45) is 4.99 Å². The Balaban J connectivity index is 0.00000208. The fourth-order valence-corrected chi connectivity index (χ4v) is 3.17. The van der Waals surface area contributed by atoms with Crippen LogP contribution < -0.4 is 10.2 Å². The lowest BCUT2D eigenvalue weighted by Gasteiger charge is -2.37. The molecular weight excluding hydrogens is 422 g/mol. The van der Waals surface area contributed by atoms with Gasteiger partial charge in [-0.05, 0) is 37.1 Å². The molecule has 2 saturated heterocycles. The minimum absolute atomic E-state index is 0. The van der Waals surface area contributed by atoms with Gasteiger partial charge in [-0.3, -0.25) is 4.99 Å². The summed E-state index contributed by atoms with van der Waals surface area (Å²) in [7, 11) is 1.82. The number of nitrogens with zero attached hydrogens (tertiary/aromatic N) is 3. The van der Waals surface area contributed by atoms with E-state index in [1.54, 1.807) is 0 Å². The van der Waals surface area contributed by atoms with Crippen molar-refractivity contribution in [1.82, 2.24) is 10.2 Å². The van der Waals surface area contributed by atoms with E-state index in [1.807, 2.05) is 19.2 Å². The third-order valence-electron chi connectivity index (χ3n) is 4.49. The molecule has 0 aromatic heterocycles. The van der Waals surface area contributed by atoms with Gasteiger partial charge in [0, 0.05) is 52.1 Å². The maximum absolute atomic E-state index is 13.0. The van der Waals surface area contributed by atoms with Crippen molar-refractivity contribution in [3.8, 4) is 0 Å². The summed E-state index contributed by atoms with van der Waals surface area (Å²) in [6.07, 6.45) is 2.59. The van der Waals surface area contributed by atoms with Gasteiger partial charge in [0.25, 0.3) is 0 Å². The number of aliphatic imine (C=N–C) groups is 1. The Morgan fingerprint density at radius 1 is 1.25 bits per heavy atom. The number of benzene rings is 1. The number of hydrogen-bond donors (Lipinski definition) is 1. The highest BCUT2D eigenvalue weighted by atomic mass is 127. The third-order valence-corrected chi connectivity index (χ3v) is 4.49. The zero-order valence-corrected chi connectivity index (χ0v) is 16.4. The van der Waals surface area contributed by atoms with Gasteiger partial charge in [-0.15, -0.1) is 24.0 Å². The molecule has 1 atom stereocenters. The first-order chi connectivity index (χ1) is 11.3. The van der Waals surface area contributed by atoms with E-state index in [0.717, 1.165) is 63.8 Å². The number of anilines is 1. The lowest BCUT2D eigenvalue weighted by Crippen LogP contribution is -2.53. The summed E-state index contributed by atoms with van der Waals surface area (Å²) < 4.78 is 18.7. The topological polar surface area (TPSA) is 40.1 Å². The van der Waals surface area contributed by atoms with E-state index in [1.165, 1.54) is 12.1 Å². The van der Waals surface area contributed by atoms with E-state index in [-0.39, 0.29) is 29.8 Å². The molecule has 0 spiro atoms. The van der Waals surface area contributed by atoms with E-state index in [4.69, 9.17) is 4.74 Å². The normalized spacial score (nSPS) is 21.6. The molecule has 0 bridgehead atoms. The summed E-state index contributed by atoms with van der Waals surface area (Å²) in [6.45, 7) is 5.33. The smallest absolute Gasteiger partial charge is 0.193 e. The fraction of sp³-hybridized carbons (Fsp3) is 0.588. The lowest BCUT2D eigenvalue weighted by molar-refractivity contribution is 0.113. The van der Waals surface area contributed by atoms with Crippen LogP contribution in [0.15, 0.2) is 29.3 Å². The number of nitrogens with one attached hydrogen (secondary N) is 1. The van der Waals surface area contributed by atoms with Gasteiger partial charge in [0.15, 0.2) is 5.96 Å². The Kier molecular flexibility index (Phi) is 7.54. The van der Waals surface area contributed by atoms with Crippen LogP contribution in [-0.4, -0.2) is 63.3 Å². The summed E-state index contributed by atoms with van der Waals surface area (Å²) in [5.74, 6) is 0.755. The van der Waals surface area contributed by atoms with Crippen LogP contribution in [0.3, 0.4) is 0 Å². The van der Waals surface area contributed by atoms with Gasteiger partial charge in [0.05, 0.1) is 6.10 Å². The Labute approximate surface area is 160 Å². The van der Waals surface area contributed by atoms with Crippen LogP contribution in [0.1, 0.15) is 12.8 Å². The van der Waals surface area contributed by atoms with Crippen LogP contribution in [0.5, 0.6) is 0 Å². The molecule has 2 fully saturated rings. The molecule has 0 saturated carbocycles. The molecule has 1 N–H and O–H groups in total. The predicted molar refractivity (Wildman–Crippen MR) is 106 cm³/mol. The number of ether oxygens (including phenoxy) is 1. The van der Waals surface area contributed by atoms with Gasteiger partial charge < -0.3 is 19.9 Å². The molecule has 3 rings (SSSR count). The summed E-state index contributed by atoms with van der Waals surface area (Å²) in [4.78, 5) is 8.94. The third kappa shape index (κ3) is 4.95. The van der Waals surface area contributed by atoms with Crippen LogP contribution in [0.4, 0.5) is 10.1 Å². The van der Waals surface area contributed by atoms with Crippen LogP contribution in [0.25, 0.3) is 0 Å². The molecule has 134 valence electrons. The Hall–Kier alpha value is -1.09. The van der Waals surface area contributed by atoms with Crippen molar-refractivity contribution in [3.63, 3.8) is 0 Å². The highest BCUT2D eigenvalue weighted by Gasteiger charge is 2.21. The van der Waals surface area contributed by atoms with E-state index in [2.05, 4.69) is 20.1 Å². The van der Waals surface area contributed by atoms with Gasteiger partial charge >= 0.3 is 0 Å². The van der Waals surface area contributed by atoms with Crippen molar-refractivity contribution in [1.29, 1.82) is 0 Å². The molecule has 2 aliphatic heterocycles. The molecule has 0 aliphatic carbocycles. The van der Waals surface area contributed by atoms with Crippen LogP contribution in [0.2, 0.25) is 0 Å². The largest absolute Gasteiger partial charge is 0.376 e. The van der Waals surface area contributed by atoms with E-state index in [9.17, 15) is 4.39 Å². The molecule has 2 heterocycles. The monoisotopic (exact) mass is 448 g/mol. The average molecular weight is 448 g/mol. The SMILES string of the molecule is CN=C(NCC1CCCO1)N1CCN(c2ccc(F)cc2)CC1.I. The minimum atomic E-state index is -0.189. The molecular formula is C17H26FIN4O. The van der Waals surface area contributed by atoms with E-state index >= 15 is 0 Å². The quantitative estimate of drug-likeness (QED) is 0.438. The Morgan fingerprint density at radius 3 is 2.54 bits per heavy atom. The summed E-state index contributed by atoms with van der Waals surface area (Å²) >= 11 is 0. The molecule has 0 radical (unpaired) electrons. The van der Waals surface area contributed by atoms with E-state index < -0.39 is 0 Å². The number of rotatable bonds is 3. The molecule has 5 nitrogen and oxygen atoms in total. The van der Waals surface area contributed by atoms with Gasteiger partial charge in [0.1, 0.15) is 5.82 Å². The predicted octanol–water partition coefficient (Wildman–Crippen LogP) is 2.32. The van der Waals surface area contributed by atoms with Crippen molar-refractivity contribution < 1.29 is 9.13 Å². The lowest BCUT2D eigenvalue weighted by atomic mass is 10.2. The molecule has 7 heteroatoms.